The molecule has 3 heterocycles. The van der Waals surface area contributed by atoms with Gasteiger partial charge in [-0.2, -0.15) is 0 Å². The number of fused-ring (bicyclic) bond motifs is 1. The molecule has 28 heavy (non-hydrogen) atoms. The molecule has 2 aliphatic heterocycles. The van der Waals surface area contributed by atoms with Crippen LogP contribution in [0.5, 0.6) is 5.75 Å². The van der Waals surface area contributed by atoms with E-state index in [1.54, 1.807) is 23.2 Å². The van der Waals surface area contributed by atoms with Gasteiger partial charge in [0.25, 0.3) is 0 Å². The first-order chi connectivity index (χ1) is 13.6. The Bertz CT molecular complexity index is 830. The highest BCUT2D eigenvalue weighted by molar-refractivity contribution is 7.14. The van der Waals surface area contributed by atoms with E-state index in [-0.39, 0.29) is 5.91 Å². The quantitative estimate of drug-likeness (QED) is 0.746. The lowest BCUT2D eigenvalue weighted by atomic mass is 10.1. The fraction of sp³-hybridized carbons (Fsp3) is 0.524. The van der Waals surface area contributed by atoms with Crippen LogP contribution in [-0.2, 0) is 24.3 Å². The lowest BCUT2D eigenvalue weighted by Crippen LogP contribution is -2.45. The average Bonchev–Trinajstić information content (AvgIpc) is 3.33. The average molecular weight is 401 g/mol. The van der Waals surface area contributed by atoms with Crippen molar-refractivity contribution in [2.75, 3.05) is 44.2 Å². The maximum atomic E-state index is 11.7. The van der Waals surface area contributed by atoms with E-state index < -0.39 is 0 Å². The van der Waals surface area contributed by atoms with Crippen LogP contribution in [0.1, 0.15) is 30.7 Å². The molecule has 1 amide bonds. The van der Waals surface area contributed by atoms with Crippen LogP contribution >= 0.6 is 11.3 Å². The number of rotatable bonds is 6. The van der Waals surface area contributed by atoms with Gasteiger partial charge in [0, 0.05) is 64.5 Å². The van der Waals surface area contributed by atoms with Crippen molar-refractivity contribution in [3.05, 3.63) is 40.4 Å². The van der Waals surface area contributed by atoms with E-state index in [2.05, 4.69) is 38.4 Å². The first-order valence-corrected chi connectivity index (χ1v) is 10.9. The zero-order valence-corrected chi connectivity index (χ0v) is 17.5. The van der Waals surface area contributed by atoms with Gasteiger partial charge in [-0.3, -0.25) is 19.5 Å². The number of nitrogens with zero attached hydrogens (tertiary/aromatic N) is 4. The van der Waals surface area contributed by atoms with Crippen LogP contribution in [0.3, 0.4) is 0 Å². The Morgan fingerprint density at radius 2 is 1.96 bits per heavy atom. The summed E-state index contributed by atoms with van der Waals surface area (Å²) in [5.74, 6) is 1.11. The van der Waals surface area contributed by atoms with E-state index in [1.165, 1.54) is 11.1 Å². The molecule has 150 valence electrons. The normalized spacial score (nSPS) is 17.4. The fourth-order valence-corrected chi connectivity index (χ4v) is 4.84. The van der Waals surface area contributed by atoms with E-state index in [0.717, 1.165) is 68.9 Å². The summed E-state index contributed by atoms with van der Waals surface area (Å²) in [6.07, 6.45) is 1.03. The summed E-state index contributed by atoms with van der Waals surface area (Å²) in [5, 5.41) is 2.89. The molecule has 0 spiro atoms. The minimum absolute atomic E-state index is 0.0510. The van der Waals surface area contributed by atoms with Crippen LogP contribution in [0, 0.1) is 0 Å². The minimum Gasteiger partial charge on any atom is -0.493 e. The second kappa shape index (κ2) is 8.59. The number of thiazole rings is 1. The molecule has 1 fully saturated rings. The van der Waals surface area contributed by atoms with Gasteiger partial charge in [0.2, 0.25) is 5.91 Å². The van der Waals surface area contributed by atoms with Crippen molar-refractivity contribution < 1.29 is 9.53 Å². The maximum Gasteiger partial charge on any atom is 0.225 e. The molecule has 1 aromatic carbocycles. The minimum atomic E-state index is 0.0510. The lowest BCUT2D eigenvalue weighted by Gasteiger charge is -2.34. The molecule has 7 heteroatoms. The van der Waals surface area contributed by atoms with Crippen LogP contribution in [-0.4, -0.2) is 60.0 Å². The number of hydrogen-bond donors (Lipinski definition) is 0. The Labute approximate surface area is 170 Å². The molecule has 0 bridgehead atoms. The summed E-state index contributed by atoms with van der Waals surface area (Å²) >= 11 is 1.56. The molecule has 1 saturated heterocycles. The number of ether oxygens (including phenoxy) is 1. The van der Waals surface area contributed by atoms with Gasteiger partial charge in [0.1, 0.15) is 5.75 Å². The predicted molar refractivity (Wildman–Crippen MR) is 112 cm³/mol. The highest BCUT2D eigenvalue weighted by Gasteiger charge is 2.20. The van der Waals surface area contributed by atoms with Gasteiger partial charge in [-0.15, -0.1) is 11.3 Å². The zero-order chi connectivity index (χ0) is 19.5. The van der Waals surface area contributed by atoms with Gasteiger partial charge >= 0.3 is 0 Å². The van der Waals surface area contributed by atoms with Crippen molar-refractivity contribution in [1.29, 1.82) is 0 Å². The highest BCUT2D eigenvalue weighted by atomic mass is 32.1. The molecule has 2 aromatic rings. The van der Waals surface area contributed by atoms with Crippen LogP contribution < -0.4 is 9.64 Å². The summed E-state index contributed by atoms with van der Waals surface area (Å²) in [4.78, 5) is 23.1. The van der Waals surface area contributed by atoms with Crippen molar-refractivity contribution in [1.82, 2.24) is 14.8 Å². The van der Waals surface area contributed by atoms with Crippen molar-refractivity contribution in [3.8, 4) is 5.75 Å². The molecule has 0 radical (unpaired) electrons. The SMILES string of the molecule is CCN(C(C)=O)c1nc(CN2CCN(Cc3ccc4c(c3)CCO4)CC2)cs1. The number of benzene rings is 1. The summed E-state index contributed by atoms with van der Waals surface area (Å²) < 4.78 is 5.60. The van der Waals surface area contributed by atoms with Crippen molar-refractivity contribution in [2.45, 2.75) is 33.4 Å². The highest BCUT2D eigenvalue weighted by Crippen LogP contribution is 2.26. The third-order valence-corrected chi connectivity index (χ3v) is 6.39. The van der Waals surface area contributed by atoms with Gasteiger partial charge < -0.3 is 4.74 Å². The van der Waals surface area contributed by atoms with Gasteiger partial charge in [-0.25, -0.2) is 4.98 Å². The Morgan fingerprint density at radius 1 is 1.21 bits per heavy atom. The predicted octanol–water partition coefficient (Wildman–Crippen LogP) is 2.77. The summed E-state index contributed by atoms with van der Waals surface area (Å²) in [5.41, 5.74) is 3.79. The first kappa shape index (κ1) is 19.4. The standard InChI is InChI=1S/C21H28N4O2S/c1-3-25(16(2)26)21-22-19(15-28-21)14-24-9-7-23(8-10-24)13-17-4-5-20-18(12-17)6-11-27-20/h4-5,12,15H,3,6-11,13-14H2,1-2H3. The number of piperazine rings is 1. The van der Waals surface area contributed by atoms with Gasteiger partial charge in [0.15, 0.2) is 5.13 Å². The Hall–Kier alpha value is -1.96. The smallest absolute Gasteiger partial charge is 0.225 e. The number of amides is 1. The van der Waals surface area contributed by atoms with E-state index >= 15 is 0 Å². The molecule has 0 saturated carbocycles. The third kappa shape index (κ3) is 4.37. The van der Waals surface area contributed by atoms with Gasteiger partial charge in [0.05, 0.1) is 12.3 Å². The molecular weight excluding hydrogens is 372 g/mol. The lowest BCUT2D eigenvalue weighted by molar-refractivity contribution is -0.116. The van der Waals surface area contributed by atoms with Crippen LogP contribution in [0.2, 0.25) is 0 Å². The Morgan fingerprint density at radius 3 is 2.68 bits per heavy atom. The Kier molecular flexibility index (Phi) is 5.94. The summed E-state index contributed by atoms with van der Waals surface area (Å²) in [6.45, 7) is 11.2. The van der Waals surface area contributed by atoms with Crippen LogP contribution in [0.4, 0.5) is 5.13 Å². The molecule has 0 unspecified atom stereocenters. The number of carbonyl (C=O) groups is 1. The van der Waals surface area contributed by atoms with E-state index in [1.807, 2.05) is 6.92 Å². The topological polar surface area (TPSA) is 48.9 Å². The number of anilines is 1. The van der Waals surface area contributed by atoms with Gasteiger partial charge in [-0.05, 0) is 24.1 Å². The molecule has 1 aromatic heterocycles. The van der Waals surface area contributed by atoms with Crippen LogP contribution in [0.25, 0.3) is 0 Å². The van der Waals surface area contributed by atoms with Crippen molar-refractivity contribution in [3.63, 3.8) is 0 Å². The summed E-state index contributed by atoms with van der Waals surface area (Å²) in [7, 11) is 0. The van der Waals surface area contributed by atoms with Gasteiger partial charge in [-0.1, -0.05) is 12.1 Å². The van der Waals surface area contributed by atoms with E-state index in [4.69, 9.17) is 4.74 Å². The summed E-state index contributed by atoms with van der Waals surface area (Å²) in [6, 6.07) is 6.62. The van der Waals surface area contributed by atoms with Crippen LogP contribution in [0.15, 0.2) is 23.6 Å². The third-order valence-electron chi connectivity index (χ3n) is 5.48. The second-order valence-electron chi connectivity index (χ2n) is 7.48. The van der Waals surface area contributed by atoms with Crippen molar-refractivity contribution in [2.24, 2.45) is 0 Å². The molecule has 0 aliphatic carbocycles. The second-order valence-corrected chi connectivity index (χ2v) is 8.31. The monoisotopic (exact) mass is 400 g/mol. The number of carbonyl (C=O) groups excluding carboxylic acids is 1. The first-order valence-electron chi connectivity index (χ1n) is 10.0. The number of hydrogen-bond acceptors (Lipinski definition) is 6. The molecule has 6 nitrogen and oxygen atoms in total. The van der Waals surface area contributed by atoms with Crippen molar-refractivity contribution >= 4 is 22.4 Å². The maximum absolute atomic E-state index is 11.7. The molecule has 2 aliphatic rings. The zero-order valence-electron chi connectivity index (χ0n) is 16.7. The molecule has 0 atom stereocenters. The molecule has 0 N–H and O–H groups in total. The molecule has 4 rings (SSSR count). The largest absolute Gasteiger partial charge is 0.493 e. The Balaban J connectivity index is 1.28. The number of aromatic nitrogens is 1. The van der Waals surface area contributed by atoms with E-state index in [9.17, 15) is 4.79 Å². The van der Waals surface area contributed by atoms with E-state index in [0.29, 0.717) is 6.54 Å². The fourth-order valence-electron chi connectivity index (χ4n) is 3.92. The molecular formula is C21H28N4O2S.